The highest BCUT2D eigenvalue weighted by Crippen LogP contribution is 2.34. The van der Waals surface area contributed by atoms with Crippen molar-refractivity contribution in [2.45, 2.75) is 29.0 Å². The van der Waals surface area contributed by atoms with E-state index in [2.05, 4.69) is 0 Å². The van der Waals surface area contributed by atoms with Crippen molar-refractivity contribution >= 4 is 11.8 Å². The van der Waals surface area contributed by atoms with Gasteiger partial charge in [-0.3, -0.25) is 0 Å². The van der Waals surface area contributed by atoms with Crippen LogP contribution in [-0.2, 0) is 0 Å². The van der Waals surface area contributed by atoms with Crippen LogP contribution in [-0.4, -0.2) is 56.0 Å². The predicted octanol–water partition coefficient (Wildman–Crippen LogP) is -0.418. The second-order valence-electron chi connectivity index (χ2n) is 4.13. The van der Waals surface area contributed by atoms with E-state index in [0.717, 1.165) is 11.8 Å². The lowest BCUT2D eigenvalue weighted by molar-refractivity contribution is -0.0909. The molecule has 100 valence electrons. The van der Waals surface area contributed by atoms with Gasteiger partial charge >= 0.3 is 0 Å². The average molecular weight is 272 g/mol. The van der Waals surface area contributed by atoms with E-state index in [0.29, 0.717) is 5.75 Å². The zero-order valence-corrected chi connectivity index (χ0v) is 10.4. The lowest BCUT2D eigenvalue weighted by atomic mass is 10.0. The Morgan fingerprint density at radius 2 is 1.67 bits per heavy atom. The summed E-state index contributed by atoms with van der Waals surface area (Å²) in [5.41, 5.74) is -0.719. The first-order valence-corrected chi connectivity index (χ1v) is 6.60. The van der Waals surface area contributed by atoms with E-state index >= 15 is 0 Å². The monoisotopic (exact) mass is 272 g/mol. The molecule has 1 aromatic rings. The molecule has 6 heteroatoms. The first-order valence-electron chi connectivity index (χ1n) is 5.65. The van der Waals surface area contributed by atoms with Crippen LogP contribution in [0, 0.1) is 0 Å². The highest BCUT2D eigenvalue weighted by molar-refractivity contribution is 8.00. The van der Waals surface area contributed by atoms with E-state index in [1.807, 2.05) is 6.07 Å². The topological polar surface area (TPSA) is 90.2 Å². The number of hydrogen-bond donors (Lipinski definition) is 4. The first-order chi connectivity index (χ1) is 8.63. The Kier molecular flexibility index (Phi) is 4.47. The molecule has 1 saturated heterocycles. The predicted molar refractivity (Wildman–Crippen MR) is 67.3 cm³/mol. The van der Waals surface area contributed by atoms with Crippen LogP contribution in [0.2, 0.25) is 0 Å². The lowest BCUT2D eigenvalue weighted by Gasteiger charge is -2.39. The SMILES string of the molecule is OC[C@H]1S[C@@H](Oc2ccccc2)[C@H](O)[C@@H](O)[C@@H]1O. The molecular weight excluding hydrogens is 256 g/mol. The van der Waals surface area contributed by atoms with Crippen molar-refractivity contribution in [1.82, 2.24) is 0 Å². The molecule has 0 amide bonds. The van der Waals surface area contributed by atoms with Crippen molar-refractivity contribution in [2.75, 3.05) is 6.61 Å². The maximum Gasteiger partial charge on any atom is 0.173 e. The number of benzene rings is 1. The molecule has 0 bridgehead atoms. The molecule has 0 radical (unpaired) electrons. The van der Waals surface area contributed by atoms with Crippen molar-refractivity contribution in [3.8, 4) is 5.75 Å². The second kappa shape index (κ2) is 5.90. The van der Waals surface area contributed by atoms with Crippen LogP contribution in [0.4, 0.5) is 0 Å². The van der Waals surface area contributed by atoms with Gasteiger partial charge in [-0.25, -0.2) is 0 Å². The van der Waals surface area contributed by atoms with Gasteiger partial charge in [-0.2, -0.15) is 0 Å². The summed E-state index contributed by atoms with van der Waals surface area (Å²) in [6, 6.07) is 8.90. The lowest BCUT2D eigenvalue weighted by Crippen LogP contribution is -2.55. The van der Waals surface area contributed by atoms with E-state index in [4.69, 9.17) is 9.84 Å². The zero-order chi connectivity index (χ0) is 13.1. The molecule has 18 heavy (non-hydrogen) atoms. The van der Waals surface area contributed by atoms with Crippen molar-refractivity contribution in [3.63, 3.8) is 0 Å². The standard InChI is InChI=1S/C12H16O5S/c13-6-8-9(14)10(15)11(16)12(18-8)17-7-4-2-1-3-5-7/h1-5,8-16H,6H2/t8-,9-,10+,11-,12-/m1/s1. The van der Waals surface area contributed by atoms with Gasteiger partial charge in [0.05, 0.1) is 18.0 Å². The molecule has 0 aromatic heterocycles. The van der Waals surface area contributed by atoms with Crippen LogP contribution < -0.4 is 4.74 Å². The number of rotatable bonds is 3. The van der Waals surface area contributed by atoms with Crippen molar-refractivity contribution in [1.29, 1.82) is 0 Å². The van der Waals surface area contributed by atoms with Gasteiger partial charge in [0.15, 0.2) is 5.44 Å². The van der Waals surface area contributed by atoms with Crippen LogP contribution in [0.25, 0.3) is 0 Å². The third-order valence-corrected chi connectivity index (χ3v) is 4.26. The number of aliphatic hydroxyl groups is 4. The summed E-state index contributed by atoms with van der Waals surface area (Å²) in [6.45, 7) is -0.287. The Labute approximate surface area is 109 Å². The van der Waals surface area contributed by atoms with Crippen LogP contribution in [0.15, 0.2) is 30.3 Å². The molecular formula is C12H16O5S. The molecule has 0 spiro atoms. The van der Waals surface area contributed by atoms with Crippen LogP contribution in [0.5, 0.6) is 5.75 Å². The molecule has 5 atom stereocenters. The summed E-state index contributed by atoms with van der Waals surface area (Å²) in [5.74, 6) is 0.564. The number of thioether (sulfide) groups is 1. The van der Waals surface area contributed by atoms with Crippen molar-refractivity contribution in [3.05, 3.63) is 30.3 Å². The van der Waals surface area contributed by atoms with Gasteiger partial charge in [0, 0.05) is 0 Å². The largest absolute Gasteiger partial charge is 0.477 e. The maximum atomic E-state index is 9.85. The molecule has 1 fully saturated rings. The number of hydrogen-bond acceptors (Lipinski definition) is 6. The van der Waals surface area contributed by atoms with Crippen molar-refractivity contribution < 1.29 is 25.2 Å². The van der Waals surface area contributed by atoms with Gasteiger partial charge < -0.3 is 25.2 Å². The Hall–Kier alpha value is -0.790. The zero-order valence-electron chi connectivity index (χ0n) is 9.59. The summed E-state index contributed by atoms with van der Waals surface area (Å²) in [5, 5.41) is 37.7. The number of para-hydroxylation sites is 1. The van der Waals surface area contributed by atoms with E-state index < -0.39 is 29.0 Å². The van der Waals surface area contributed by atoms with E-state index in [9.17, 15) is 15.3 Å². The minimum Gasteiger partial charge on any atom is -0.477 e. The Morgan fingerprint density at radius 3 is 2.28 bits per heavy atom. The van der Waals surface area contributed by atoms with Crippen LogP contribution >= 0.6 is 11.8 Å². The summed E-state index contributed by atoms with van der Waals surface area (Å²) < 4.78 is 5.55. The fourth-order valence-corrected chi connectivity index (χ4v) is 3.04. The molecule has 1 heterocycles. The Balaban J connectivity index is 2.08. The molecule has 1 aromatic carbocycles. The Morgan fingerprint density at radius 1 is 1.00 bits per heavy atom. The first kappa shape index (κ1) is 13.6. The van der Waals surface area contributed by atoms with Gasteiger partial charge in [0.25, 0.3) is 0 Å². The fourth-order valence-electron chi connectivity index (χ4n) is 1.80. The summed E-state index contributed by atoms with van der Waals surface area (Å²) >= 11 is 1.11. The third-order valence-electron chi connectivity index (χ3n) is 2.84. The molecule has 1 aliphatic heterocycles. The quantitative estimate of drug-likeness (QED) is 0.598. The number of ether oxygens (including phenoxy) is 1. The van der Waals surface area contributed by atoms with Gasteiger partial charge in [0.1, 0.15) is 18.0 Å². The third kappa shape index (κ3) is 2.78. The minimum atomic E-state index is -1.32. The second-order valence-corrected chi connectivity index (χ2v) is 5.47. The maximum absolute atomic E-state index is 9.85. The van der Waals surface area contributed by atoms with Crippen LogP contribution in [0.1, 0.15) is 0 Å². The molecule has 0 saturated carbocycles. The van der Waals surface area contributed by atoms with Gasteiger partial charge in [-0.1, -0.05) is 18.2 Å². The molecule has 2 rings (SSSR count). The normalized spacial score (nSPS) is 36.3. The van der Waals surface area contributed by atoms with E-state index in [1.54, 1.807) is 24.3 Å². The summed E-state index contributed by atoms with van der Waals surface area (Å²) in [6.07, 6.45) is -3.68. The van der Waals surface area contributed by atoms with Crippen molar-refractivity contribution in [2.24, 2.45) is 0 Å². The van der Waals surface area contributed by atoms with Gasteiger partial charge in [-0.05, 0) is 12.1 Å². The summed E-state index contributed by atoms with van der Waals surface area (Å²) in [7, 11) is 0. The van der Waals surface area contributed by atoms with Gasteiger partial charge in [-0.15, -0.1) is 11.8 Å². The molecule has 0 aliphatic carbocycles. The highest BCUT2D eigenvalue weighted by Gasteiger charge is 2.44. The molecule has 4 N–H and O–H groups in total. The van der Waals surface area contributed by atoms with Gasteiger partial charge in [0.2, 0.25) is 0 Å². The molecule has 5 nitrogen and oxygen atoms in total. The Bertz CT molecular complexity index is 372. The number of aliphatic hydroxyl groups excluding tert-OH is 4. The molecule has 0 unspecified atom stereocenters. The van der Waals surface area contributed by atoms with E-state index in [1.165, 1.54) is 0 Å². The fraction of sp³-hybridized carbons (Fsp3) is 0.500. The summed E-state index contributed by atoms with van der Waals surface area (Å²) in [4.78, 5) is 0. The van der Waals surface area contributed by atoms with E-state index in [-0.39, 0.29) is 6.61 Å². The molecule has 1 aliphatic rings. The van der Waals surface area contributed by atoms with Crippen LogP contribution in [0.3, 0.4) is 0 Å². The minimum absolute atomic E-state index is 0.287. The smallest absolute Gasteiger partial charge is 0.173 e. The highest BCUT2D eigenvalue weighted by atomic mass is 32.2. The average Bonchev–Trinajstić information content (AvgIpc) is 2.40.